The zero-order valence-corrected chi connectivity index (χ0v) is 13.7. The van der Waals surface area contributed by atoms with Crippen LogP contribution in [-0.4, -0.2) is 19.9 Å². The molecule has 0 bridgehead atoms. The Labute approximate surface area is 128 Å². The summed E-state index contributed by atoms with van der Waals surface area (Å²) in [5.41, 5.74) is 2.96. The summed E-state index contributed by atoms with van der Waals surface area (Å²) in [6, 6.07) is 5.66. The zero-order valence-electron chi connectivity index (χ0n) is 13.7. The Kier molecular flexibility index (Phi) is 9.43. The first-order chi connectivity index (χ1) is 9.97. The Hall–Kier alpha value is -2.23. The number of hydrogen-bond acceptors (Lipinski definition) is 4. The first-order valence-electron chi connectivity index (χ1n) is 6.95. The Morgan fingerprint density at radius 2 is 2.05 bits per heavy atom. The third-order valence-corrected chi connectivity index (χ3v) is 2.49. The van der Waals surface area contributed by atoms with Crippen molar-refractivity contribution < 1.29 is 4.74 Å². The van der Waals surface area contributed by atoms with E-state index in [0.717, 1.165) is 23.4 Å². The first kappa shape index (κ1) is 18.8. The molecular weight excluding hydrogens is 262 g/mol. The quantitative estimate of drug-likeness (QED) is 0.689. The van der Waals surface area contributed by atoms with Crippen LogP contribution in [0.4, 0.5) is 5.69 Å². The van der Waals surface area contributed by atoms with Gasteiger partial charge in [0.1, 0.15) is 0 Å². The van der Waals surface area contributed by atoms with Crippen LogP contribution in [0, 0.1) is 5.41 Å². The van der Waals surface area contributed by atoms with Gasteiger partial charge < -0.3 is 20.8 Å². The van der Waals surface area contributed by atoms with Crippen molar-refractivity contribution in [2.24, 2.45) is 0 Å². The number of para-hydroxylation sites is 1. The summed E-state index contributed by atoms with van der Waals surface area (Å²) in [5, 5.41) is 13.6. The van der Waals surface area contributed by atoms with E-state index in [1.54, 1.807) is 14.0 Å². The summed E-state index contributed by atoms with van der Waals surface area (Å²) in [5.74, 6) is 0.688. The Morgan fingerprint density at radius 1 is 1.38 bits per heavy atom. The highest BCUT2D eigenvalue weighted by atomic mass is 16.5. The third-order valence-electron chi connectivity index (χ3n) is 2.49. The lowest BCUT2D eigenvalue weighted by Gasteiger charge is -2.14. The fourth-order valence-corrected chi connectivity index (χ4v) is 1.62. The van der Waals surface area contributed by atoms with E-state index in [9.17, 15) is 0 Å². The molecule has 0 saturated carbocycles. The highest BCUT2D eigenvalue weighted by Gasteiger charge is 2.09. The maximum Gasteiger partial charge on any atom is 0.151 e. The molecule has 0 spiro atoms. The van der Waals surface area contributed by atoms with Crippen LogP contribution in [0.2, 0.25) is 0 Å². The minimum atomic E-state index is 0.484. The molecule has 0 fully saturated rings. The predicted molar refractivity (Wildman–Crippen MR) is 92.4 cm³/mol. The third kappa shape index (κ3) is 7.20. The van der Waals surface area contributed by atoms with Crippen molar-refractivity contribution in [1.82, 2.24) is 5.32 Å². The van der Waals surface area contributed by atoms with Gasteiger partial charge in [0.2, 0.25) is 0 Å². The molecule has 0 amide bonds. The van der Waals surface area contributed by atoms with Gasteiger partial charge >= 0.3 is 0 Å². The highest BCUT2D eigenvalue weighted by Crippen LogP contribution is 2.29. The predicted octanol–water partition coefficient (Wildman–Crippen LogP) is 4.16. The second kappa shape index (κ2) is 10.5. The number of ether oxygens (including phenoxy) is 1. The first-order valence-corrected chi connectivity index (χ1v) is 6.95. The number of benzene rings is 1. The van der Waals surface area contributed by atoms with Crippen molar-refractivity contribution in [2.75, 3.05) is 19.5 Å². The van der Waals surface area contributed by atoms with Crippen molar-refractivity contribution in [2.45, 2.75) is 27.2 Å². The van der Waals surface area contributed by atoms with E-state index < -0.39 is 0 Å². The van der Waals surface area contributed by atoms with Crippen molar-refractivity contribution in [3.63, 3.8) is 0 Å². The van der Waals surface area contributed by atoms with Crippen LogP contribution in [0.5, 0.6) is 5.75 Å². The van der Waals surface area contributed by atoms with Crippen LogP contribution in [-0.2, 0) is 0 Å². The fourth-order valence-electron chi connectivity index (χ4n) is 1.62. The summed E-state index contributed by atoms with van der Waals surface area (Å²) in [6.45, 7) is 9.50. The maximum absolute atomic E-state index is 7.63. The van der Waals surface area contributed by atoms with Crippen LogP contribution in [0.1, 0.15) is 32.8 Å². The molecule has 0 heterocycles. The van der Waals surface area contributed by atoms with Gasteiger partial charge in [-0.15, -0.1) is 0 Å². The molecule has 1 aromatic carbocycles. The molecule has 1 aromatic rings. The maximum atomic E-state index is 7.63. The molecule has 4 heteroatoms. The molecule has 0 radical (unpaired) electrons. The van der Waals surface area contributed by atoms with Crippen LogP contribution in [0.3, 0.4) is 0 Å². The van der Waals surface area contributed by atoms with E-state index in [4.69, 9.17) is 10.1 Å². The molecule has 0 unspecified atom stereocenters. The zero-order chi connectivity index (χ0) is 16.3. The van der Waals surface area contributed by atoms with Gasteiger partial charge in [-0.3, -0.25) is 0 Å². The molecule has 116 valence electrons. The fraction of sp³-hybridized carbons (Fsp3) is 0.353. The minimum Gasteiger partial charge on any atom is -0.494 e. The average Bonchev–Trinajstić information content (AvgIpc) is 2.44. The van der Waals surface area contributed by atoms with Crippen molar-refractivity contribution >= 4 is 11.4 Å². The molecule has 21 heavy (non-hydrogen) atoms. The SMILES string of the molecule is C=C(C)Nc1cccc(C(C)=N)c1OC.CC/C=C/NC. The molecule has 0 atom stereocenters. The van der Waals surface area contributed by atoms with Gasteiger partial charge in [-0.2, -0.15) is 0 Å². The van der Waals surface area contributed by atoms with E-state index in [1.165, 1.54) is 0 Å². The minimum absolute atomic E-state index is 0.484. The number of allylic oxidation sites excluding steroid dienone is 2. The lowest BCUT2D eigenvalue weighted by Crippen LogP contribution is -2.02. The van der Waals surface area contributed by atoms with Crippen LogP contribution >= 0.6 is 0 Å². The number of anilines is 1. The lowest BCUT2D eigenvalue weighted by molar-refractivity contribution is 0.416. The smallest absolute Gasteiger partial charge is 0.151 e. The van der Waals surface area contributed by atoms with Crippen molar-refractivity contribution in [1.29, 1.82) is 5.41 Å². The summed E-state index contributed by atoms with van der Waals surface area (Å²) < 4.78 is 5.29. The van der Waals surface area contributed by atoms with Gasteiger partial charge in [0.25, 0.3) is 0 Å². The van der Waals surface area contributed by atoms with Crippen molar-refractivity contribution in [3.05, 3.63) is 48.3 Å². The molecule has 0 aliphatic heterocycles. The van der Waals surface area contributed by atoms with E-state index in [0.29, 0.717) is 11.5 Å². The highest BCUT2D eigenvalue weighted by molar-refractivity contribution is 6.00. The Morgan fingerprint density at radius 3 is 2.43 bits per heavy atom. The van der Waals surface area contributed by atoms with Gasteiger partial charge in [-0.1, -0.05) is 25.6 Å². The molecule has 0 aliphatic carbocycles. The standard InChI is InChI=1S/C12H16N2O.C5H11N/c1-8(2)14-11-7-5-6-10(9(3)13)12(11)15-4;1-3-4-5-6-2/h5-7,13-14H,1H2,2-4H3;4-6H,3H2,1-2H3/b;5-4+. The molecule has 0 aromatic heterocycles. The van der Waals surface area contributed by atoms with Crippen molar-refractivity contribution in [3.8, 4) is 5.75 Å². The summed E-state index contributed by atoms with van der Waals surface area (Å²) in [4.78, 5) is 0. The number of rotatable bonds is 6. The topological polar surface area (TPSA) is 57.1 Å². The molecule has 0 saturated heterocycles. The summed E-state index contributed by atoms with van der Waals surface area (Å²) in [6.07, 6.45) is 5.11. The monoisotopic (exact) mass is 289 g/mol. The summed E-state index contributed by atoms with van der Waals surface area (Å²) in [7, 11) is 3.50. The van der Waals surface area contributed by atoms with Crippen LogP contribution < -0.4 is 15.4 Å². The molecule has 1 rings (SSSR count). The van der Waals surface area contributed by atoms with Crippen LogP contribution in [0.15, 0.2) is 42.8 Å². The van der Waals surface area contributed by atoms with Gasteiger partial charge in [-0.25, -0.2) is 0 Å². The van der Waals surface area contributed by atoms with E-state index in [1.807, 2.05) is 38.4 Å². The molecule has 0 aliphatic rings. The normalized spacial score (nSPS) is 9.57. The molecule has 3 N–H and O–H groups in total. The largest absolute Gasteiger partial charge is 0.494 e. The Bertz CT molecular complexity index is 487. The van der Waals surface area contributed by atoms with E-state index in [2.05, 4.69) is 30.2 Å². The summed E-state index contributed by atoms with van der Waals surface area (Å²) >= 11 is 0. The molecular formula is C17H27N3O. The number of methoxy groups -OCH3 is 1. The van der Waals surface area contributed by atoms with Gasteiger partial charge in [0.15, 0.2) is 5.75 Å². The van der Waals surface area contributed by atoms with Crippen LogP contribution in [0.25, 0.3) is 0 Å². The van der Waals surface area contributed by atoms with E-state index >= 15 is 0 Å². The van der Waals surface area contributed by atoms with Gasteiger partial charge in [-0.05, 0) is 38.6 Å². The second-order valence-corrected chi connectivity index (χ2v) is 4.52. The Balaban J connectivity index is 0.000000567. The molecule has 4 nitrogen and oxygen atoms in total. The average molecular weight is 289 g/mol. The number of hydrogen-bond donors (Lipinski definition) is 3. The lowest BCUT2D eigenvalue weighted by atomic mass is 10.1. The van der Waals surface area contributed by atoms with E-state index in [-0.39, 0.29) is 0 Å². The van der Waals surface area contributed by atoms with Gasteiger partial charge in [0, 0.05) is 24.0 Å². The van der Waals surface area contributed by atoms with Gasteiger partial charge in [0.05, 0.1) is 12.8 Å². The number of nitrogens with one attached hydrogen (secondary N) is 3. The second-order valence-electron chi connectivity index (χ2n) is 4.52.